The molecule has 1 saturated heterocycles. The molecule has 5 nitrogen and oxygen atoms in total. The van der Waals surface area contributed by atoms with E-state index in [-0.39, 0.29) is 18.3 Å². The van der Waals surface area contributed by atoms with Crippen molar-refractivity contribution in [3.05, 3.63) is 11.1 Å². The monoisotopic (exact) mass is 290 g/mol. The Morgan fingerprint density at radius 1 is 1.44 bits per heavy atom. The maximum atomic E-state index is 11.3. The van der Waals surface area contributed by atoms with E-state index in [9.17, 15) is 4.79 Å². The molecule has 102 valence electrons. The number of halogens is 1. The van der Waals surface area contributed by atoms with Gasteiger partial charge in [-0.1, -0.05) is 0 Å². The number of anilines is 1. The Kier molecular flexibility index (Phi) is 5.84. The summed E-state index contributed by atoms with van der Waals surface area (Å²) in [5.74, 6) is 0.175. The average molecular weight is 291 g/mol. The summed E-state index contributed by atoms with van der Waals surface area (Å²) in [6.45, 7) is 6.18. The van der Waals surface area contributed by atoms with Gasteiger partial charge in [-0.05, 0) is 6.42 Å². The van der Waals surface area contributed by atoms with Crippen molar-refractivity contribution >= 4 is 34.8 Å². The zero-order chi connectivity index (χ0) is 12.3. The fraction of sp³-hybridized carbons (Fsp3) is 0.636. The van der Waals surface area contributed by atoms with Gasteiger partial charge in [0, 0.05) is 50.7 Å². The molecule has 7 heteroatoms. The summed E-state index contributed by atoms with van der Waals surface area (Å²) in [7, 11) is 0. The summed E-state index contributed by atoms with van der Waals surface area (Å²) in [5.41, 5.74) is 5.61. The number of amides is 1. The molecule has 2 heterocycles. The first-order valence-electron chi connectivity index (χ1n) is 5.83. The summed E-state index contributed by atoms with van der Waals surface area (Å²) in [6, 6.07) is 0. The van der Waals surface area contributed by atoms with Gasteiger partial charge in [0.1, 0.15) is 0 Å². The maximum Gasteiger partial charge on any atom is 0.219 e. The predicted octanol–water partition coefficient (Wildman–Crippen LogP) is 1.20. The van der Waals surface area contributed by atoms with Gasteiger partial charge < -0.3 is 10.6 Å². The number of thiazole rings is 1. The van der Waals surface area contributed by atoms with Gasteiger partial charge in [0.15, 0.2) is 5.13 Å². The number of hydrogen-bond acceptors (Lipinski definition) is 5. The fourth-order valence-corrected chi connectivity index (χ4v) is 2.79. The van der Waals surface area contributed by atoms with Crippen LogP contribution in [0.15, 0.2) is 6.20 Å². The minimum atomic E-state index is 0. The number of nitrogen functional groups attached to an aromatic ring is 1. The van der Waals surface area contributed by atoms with Crippen LogP contribution in [0.2, 0.25) is 0 Å². The van der Waals surface area contributed by atoms with Crippen LogP contribution < -0.4 is 5.73 Å². The topological polar surface area (TPSA) is 62.5 Å². The molecule has 0 saturated carbocycles. The highest BCUT2D eigenvalue weighted by molar-refractivity contribution is 7.15. The molecular weight excluding hydrogens is 272 g/mol. The molecule has 1 aromatic heterocycles. The first-order valence-corrected chi connectivity index (χ1v) is 6.65. The maximum absolute atomic E-state index is 11.3. The quantitative estimate of drug-likeness (QED) is 0.889. The minimum absolute atomic E-state index is 0. The van der Waals surface area contributed by atoms with Crippen molar-refractivity contribution in [2.45, 2.75) is 19.9 Å². The highest BCUT2D eigenvalue weighted by Crippen LogP contribution is 2.17. The van der Waals surface area contributed by atoms with Crippen molar-refractivity contribution in [2.24, 2.45) is 0 Å². The molecule has 2 N–H and O–H groups in total. The number of rotatable bonds is 2. The van der Waals surface area contributed by atoms with Gasteiger partial charge >= 0.3 is 0 Å². The third kappa shape index (κ3) is 4.12. The van der Waals surface area contributed by atoms with Gasteiger partial charge in [-0.3, -0.25) is 9.69 Å². The highest BCUT2D eigenvalue weighted by atomic mass is 35.5. The number of nitrogens with two attached hydrogens (primary N) is 1. The molecule has 0 unspecified atom stereocenters. The van der Waals surface area contributed by atoms with E-state index < -0.39 is 0 Å². The lowest BCUT2D eigenvalue weighted by atomic mass is 10.3. The predicted molar refractivity (Wildman–Crippen MR) is 75.9 cm³/mol. The SMILES string of the molecule is CC(=O)N1CCCN(Cc2cnc(N)s2)CC1.Cl. The highest BCUT2D eigenvalue weighted by Gasteiger charge is 2.16. The molecule has 1 aliphatic rings. The Morgan fingerprint density at radius 2 is 2.22 bits per heavy atom. The van der Waals surface area contributed by atoms with Gasteiger partial charge in [0.05, 0.1) is 0 Å². The molecule has 0 atom stereocenters. The van der Waals surface area contributed by atoms with E-state index in [1.807, 2.05) is 11.1 Å². The first-order chi connectivity index (χ1) is 8.15. The smallest absolute Gasteiger partial charge is 0.219 e. The number of carbonyl (C=O) groups excluding carboxylic acids is 1. The summed E-state index contributed by atoms with van der Waals surface area (Å²) in [4.78, 5) is 20.8. The molecule has 0 aliphatic carbocycles. The second-order valence-corrected chi connectivity index (χ2v) is 5.45. The molecule has 1 aliphatic heterocycles. The second kappa shape index (κ2) is 6.92. The molecule has 0 bridgehead atoms. The van der Waals surface area contributed by atoms with Crippen LogP contribution in [0, 0.1) is 0 Å². The molecule has 0 aromatic carbocycles. The Balaban J connectivity index is 0.00000162. The van der Waals surface area contributed by atoms with E-state index >= 15 is 0 Å². The second-order valence-electron chi connectivity index (χ2n) is 4.30. The molecular formula is C11H19ClN4OS. The molecule has 1 fully saturated rings. The van der Waals surface area contributed by atoms with Crippen molar-refractivity contribution in [3.63, 3.8) is 0 Å². The summed E-state index contributed by atoms with van der Waals surface area (Å²) in [5, 5.41) is 0.625. The first kappa shape index (κ1) is 15.2. The number of hydrogen-bond donors (Lipinski definition) is 1. The number of nitrogens with zero attached hydrogens (tertiary/aromatic N) is 3. The third-order valence-electron chi connectivity index (χ3n) is 2.98. The van der Waals surface area contributed by atoms with Crippen molar-refractivity contribution in [1.29, 1.82) is 0 Å². The van der Waals surface area contributed by atoms with Gasteiger partial charge in [-0.15, -0.1) is 23.7 Å². The van der Waals surface area contributed by atoms with Crippen LogP contribution in [-0.2, 0) is 11.3 Å². The van der Waals surface area contributed by atoms with Crippen molar-refractivity contribution < 1.29 is 4.79 Å². The Labute approximate surface area is 117 Å². The molecule has 18 heavy (non-hydrogen) atoms. The molecule has 0 radical (unpaired) electrons. The minimum Gasteiger partial charge on any atom is -0.375 e. The zero-order valence-electron chi connectivity index (χ0n) is 10.5. The van der Waals surface area contributed by atoms with Crippen LogP contribution in [0.3, 0.4) is 0 Å². The summed E-state index contributed by atoms with van der Waals surface area (Å²) < 4.78 is 0. The van der Waals surface area contributed by atoms with Crippen molar-refractivity contribution in [1.82, 2.24) is 14.8 Å². The molecule has 2 rings (SSSR count). The Bertz CT molecular complexity index is 398. The van der Waals surface area contributed by atoms with Gasteiger partial charge in [0.25, 0.3) is 0 Å². The van der Waals surface area contributed by atoms with Gasteiger partial charge in [-0.2, -0.15) is 0 Å². The molecule has 1 aromatic rings. The molecule has 1 amide bonds. The Morgan fingerprint density at radius 3 is 2.83 bits per heavy atom. The normalized spacial score (nSPS) is 17.1. The van der Waals surface area contributed by atoms with Gasteiger partial charge in [0.2, 0.25) is 5.91 Å². The lowest BCUT2D eigenvalue weighted by molar-refractivity contribution is -0.128. The average Bonchev–Trinajstić information content (AvgIpc) is 2.54. The van der Waals surface area contributed by atoms with E-state index in [1.165, 1.54) is 16.2 Å². The van der Waals surface area contributed by atoms with Crippen molar-refractivity contribution in [3.8, 4) is 0 Å². The fourth-order valence-electron chi connectivity index (χ4n) is 2.06. The number of carbonyl (C=O) groups is 1. The van der Waals surface area contributed by atoms with E-state index in [4.69, 9.17) is 5.73 Å². The van der Waals surface area contributed by atoms with Crippen molar-refractivity contribution in [2.75, 3.05) is 31.9 Å². The number of aromatic nitrogens is 1. The van der Waals surface area contributed by atoms with Crippen LogP contribution in [0.5, 0.6) is 0 Å². The van der Waals surface area contributed by atoms with Crippen LogP contribution in [0.25, 0.3) is 0 Å². The zero-order valence-corrected chi connectivity index (χ0v) is 12.1. The van der Waals surface area contributed by atoms with Crippen LogP contribution in [-0.4, -0.2) is 46.9 Å². The summed E-state index contributed by atoms with van der Waals surface area (Å²) >= 11 is 1.54. The van der Waals surface area contributed by atoms with E-state index in [0.29, 0.717) is 5.13 Å². The van der Waals surface area contributed by atoms with Crippen LogP contribution in [0.1, 0.15) is 18.2 Å². The summed E-state index contributed by atoms with van der Waals surface area (Å²) in [6.07, 6.45) is 2.88. The van der Waals surface area contributed by atoms with E-state index in [1.54, 1.807) is 6.92 Å². The third-order valence-corrected chi connectivity index (χ3v) is 3.80. The van der Waals surface area contributed by atoms with E-state index in [2.05, 4.69) is 9.88 Å². The lowest BCUT2D eigenvalue weighted by Gasteiger charge is -2.20. The lowest BCUT2D eigenvalue weighted by Crippen LogP contribution is -2.33. The standard InChI is InChI=1S/C11H18N4OS.ClH/c1-9(16)15-4-2-3-14(5-6-15)8-10-7-13-11(12)17-10;/h7H,2-6,8H2,1H3,(H2,12,13);1H. The molecule has 0 spiro atoms. The van der Waals surface area contributed by atoms with Crippen LogP contribution >= 0.6 is 23.7 Å². The van der Waals surface area contributed by atoms with Crippen LogP contribution in [0.4, 0.5) is 5.13 Å². The largest absolute Gasteiger partial charge is 0.375 e. The van der Waals surface area contributed by atoms with Gasteiger partial charge in [-0.25, -0.2) is 4.98 Å². The Hall–Kier alpha value is -0.850. The van der Waals surface area contributed by atoms with E-state index in [0.717, 1.165) is 39.1 Å².